The van der Waals surface area contributed by atoms with Crippen LogP contribution < -0.4 is 21.1 Å². The fraction of sp³-hybridized carbons (Fsp3) is 0.136. The third kappa shape index (κ3) is 7.10. The number of nitrogens with one attached hydrogen (secondary N) is 2. The summed E-state index contributed by atoms with van der Waals surface area (Å²) < 4.78 is 4.90. The molecule has 1 aromatic heterocycles. The number of benzene rings is 2. The van der Waals surface area contributed by atoms with E-state index >= 15 is 0 Å². The van der Waals surface area contributed by atoms with Gasteiger partial charge in [-0.15, -0.1) is 0 Å². The van der Waals surface area contributed by atoms with Crippen LogP contribution in [0.4, 0.5) is 5.69 Å². The van der Waals surface area contributed by atoms with E-state index in [1.165, 1.54) is 11.8 Å². The Balaban J connectivity index is 0.000000303. The maximum absolute atomic E-state index is 11.3. The number of nitrogens with zero attached hydrogens (tertiary/aromatic N) is 3. The van der Waals surface area contributed by atoms with E-state index in [-0.39, 0.29) is 5.70 Å². The van der Waals surface area contributed by atoms with Gasteiger partial charge >= 0.3 is 0 Å². The van der Waals surface area contributed by atoms with E-state index in [0.717, 1.165) is 28.8 Å². The van der Waals surface area contributed by atoms with Crippen LogP contribution in [0.1, 0.15) is 10.4 Å². The number of nitrogens with two attached hydrogens (primary N) is 1. The second-order valence-corrected chi connectivity index (χ2v) is 7.05. The molecule has 0 aliphatic carbocycles. The van der Waals surface area contributed by atoms with Gasteiger partial charge in [0.05, 0.1) is 24.0 Å². The molecule has 0 saturated heterocycles. The number of aldehydes is 1. The zero-order chi connectivity index (χ0) is 23.3. The zero-order valence-electron chi connectivity index (χ0n) is 17.7. The van der Waals surface area contributed by atoms with Gasteiger partial charge in [0.25, 0.3) is 5.91 Å². The number of aromatic nitrogens is 2. The van der Waals surface area contributed by atoms with Crippen molar-refractivity contribution in [2.45, 2.75) is 0 Å². The number of hydrogen-bond acceptors (Lipinski definition) is 9. The quantitative estimate of drug-likeness (QED) is 0.195. The Morgan fingerprint density at radius 1 is 1.19 bits per heavy atom. The fourth-order valence-electron chi connectivity index (χ4n) is 2.47. The number of carbonyl (C=O) groups excluding carboxylic acids is 2. The number of fused-ring (bicyclic) bond motifs is 1. The summed E-state index contributed by atoms with van der Waals surface area (Å²) in [5.41, 5.74) is 8.60. The lowest BCUT2D eigenvalue weighted by atomic mass is 10.2. The molecule has 32 heavy (non-hydrogen) atoms. The van der Waals surface area contributed by atoms with Crippen LogP contribution in [0.5, 0.6) is 5.75 Å². The monoisotopic (exact) mass is 452 g/mol. The normalized spacial score (nSPS) is 10.8. The number of rotatable bonds is 9. The van der Waals surface area contributed by atoms with E-state index in [9.17, 15) is 9.59 Å². The van der Waals surface area contributed by atoms with Crippen LogP contribution in [0, 0.1) is 0 Å². The zero-order valence-corrected chi connectivity index (χ0v) is 18.6. The van der Waals surface area contributed by atoms with Gasteiger partial charge in [-0.25, -0.2) is 0 Å². The first-order chi connectivity index (χ1) is 15.5. The maximum Gasteiger partial charge on any atom is 0.269 e. The van der Waals surface area contributed by atoms with Crippen LogP contribution in [0.15, 0.2) is 70.6 Å². The van der Waals surface area contributed by atoms with E-state index in [0.29, 0.717) is 16.5 Å². The molecule has 0 unspecified atom stereocenters. The van der Waals surface area contributed by atoms with E-state index in [1.54, 1.807) is 50.8 Å². The van der Waals surface area contributed by atoms with Gasteiger partial charge < -0.3 is 21.1 Å². The molecule has 0 spiro atoms. The predicted molar refractivity (Wildman–Crippen MR) is 129 cm³/mol. The number of ether oxygens (including phenoxy) is 1. The van der Waals surface area contributed by atoms with Crippen LogP contribution in [-0.4, -0.2) is 48.9 Å². The van der Waals surface area contributed by atoms with Gasteiger partial charge in [0.2, 0.25) is 0 Å². The lowest BCUT2D eigenvalue weighted by Crippen LogP contribution is -2.19. The first kappa shape index (κ1) is 24.4. The summed E-state index contributed by atoms with van der Waals surface area (Å²) in [5.74, 6) is 0.673. The Labute approximate surface area is 190 Å². The molecule has 0 bridgehead atoms. The summed E-state index contributed by atoms with van der Waals surface area (Å²) in [5, 5.41) is 6.69. The summed E-state index contributed by atoms with van der Waals surface area (Å²) in [4.78, 5) is 33.5. The molecule has 4 N–H and O–H groups in total. The van der Waals surface area contributed by atoms with Crippen molar-refractivity contribution in [2.24, 2.45) is 10.7 Å². The number of thioether (sulfide) groups is 1. The maximum atomic E-state index is 11.3. The largest absolute Gasteiger partial charge is 0.497 e. The highest BCUT2D eigenvalue weighted by molar-refractivity contribution is 8.03. The number of primary amides is 1. The minimum atomic E-state index is -0.618. The Bertz CT molecular complexity index is 1100. The van der Waals surface area contributed by atoms with Gasteiger partial charge in [-0.1, -0.05) is 11.8 Å². The van der Waals surface area contributed by atoms with Crippen molar-refractivity contribution in [1.29, 1.82) is 0 Å². The highest BCUT2D eigenvalue weighted by atomic mass is 32.2. The molecule has 0 fully saturated rings. The summed E-state index contributed by atoms with van der Waals surface area (Å²) in [7, 11) is 3.29. The van der Waals surface area contributed by atoms with Crippen molar-refractivity contribution in [2.75, 3.05) is 25.4 Å². The average Bonchev–Trinajstić information content (AvgIpc) is 2.83. The third-order valence-corrected chi connectivity index (χ3v) is 5.02. The van der Waals surface area contributed by atoms with Crippen molar-refractivity contribution in [3.63, 3.8) is 0 Å². The molecule has 166 valence electrons. The van der Waals surface area contributed by atoms with E-state index in [2.05, 4.69) is 32.3 Å². The fourth-order valence-corrected chi connectivity index (χ4v) is 3.30. The molecular formula is C22H24N6O3S. The summed E-state index contributed by atoms with van der Waals surface area (Å²) in [6, 6.07) is 12.7. The van der Waals surface area contributed by atoms with Crippen LogP contribution in [0.2, 0.25) is 0 Å². The van der Waals surface area contributed by atoms with Gasteiger partial charge in [-0.2, -0.15) is 0 Å². The highest BCUT2D eigenvalue weighted by Crippen LogP contribution is 2.20. The number of amides is 1. The van der Waals surface area contributed by atoms with Crippen molar-refractivity contribution >= 4 is 47.4 Å². The topological polar surface area (TPSA) is 132 Å². The molecule has 0 saturated carbocycles. The standard InChI is InChI=1S/C14H16N6OS.C8H8O2/c1-16-12(13(15)21)14(17-2)22-8-20-9-3-4-10-11(7-9)19-6-5-18-10;1-10-8-4-2-7(6-9)3-5-8/h3-7,17,20H,1,8H2,2H3,(H2,15,21);2-6H,1H3/b14-12-;. The van der Waals surface area contributed by atoms with Crippen molar-refractivity contribution in [3.8, 4) is 5.75 Å². The van der Waals surface area contributed by atoms with Gasteiger partial charge in [0.15, 0.2) is 5.70 Å². The molecule has 9 nitrogen and oxygen atoms in total. The first-order valence-electron chi connectivity index (χ1n) is 9.37. The molecule has 0 radical (unpaired) electrons. The minimum absolute atomic E-state index is 0.124. The minimum Gasteiger partial charge on any atom is -0.497 e. The SMILES string of the molecule is C=N/C(C(N)=O)=C(/NC)SCNc1ccc2nccnc2c1.COc1ccc(C=O)cc1. The number of aliphatic imine (C=N–C) groups is 1. The molecule has 10 heteroatoms. The van der Waals surface area contributed by atoms with Gasteiger partial charge in [-0.3, -0.25) is 24.5 Å². The molecule has 3 aromatic rings. The lowest BCUT2D eigenvalue weighted by molar-refractivity contribution is -0.114. The van der Waals surface area contributed by atoms with E-state index in [4.69, 9.17) is 10.5 Å². The Kier molecular flexibility index (Phi) is 9.67. The Morgan fingerprint density at radius 3 is 2.44 bits per heavy atom. The Hall–Kier alpha value is -3.92. The van der Waals surface area contributed by atoms with Gasteiger partial charge in [0.1, 0.15) is 17.1 Å². The molecule has 3 rings (SSSR count). The van der Waals surface area contributed by atoms with Crippen LogP contribution in [-0.2, 0) is 4.79 Å². The first-order valence-corrected chi connectivity index (χ1v) is 10.4. The predicted octanol–water partition coefficient (Wildman–Crippen LogP) is 2.81. The van der Waals surface area contributed by atoms with E-state index < -0.39 is 5.91 Å². The van der Waals surface area contributed by atoms with Crippen molar-refractivity contribution < 1.29 is 14.3 Å². The van der Waals surface area contributed by atoms with Gasteiger partial charge in [0, 0.05) is 30.7 Å². The Morgan fingerprint density at radius 2 is 1.88 bits per heavy atom. The summed E-state index contributed by atoms with van der Waals surface area (Å²) in [6.45, 7) is 3.35. The molecule has 0 atom stereocenters. The van der Waals surface area contributed by atoms with Gasteiger partial charge in [-0.05, 0) is 49.2 Å². The number of methoxy groups -OCH3 is 1. The second kappa shape index (κ2) is 12.7. The average molecular weight is 453 g/mol. The smallest absolute Gasteiger partial charge is 0.269 e. The lowest BCUT2D eigenvalue weighted by Gasteiger charge is -2.11. The molecule has 2 aromatic carbocycles. The van der Waals surface area contributed by atoms with E-state index in [1.807, 2.05) is 18.2 Å². The van der Waals surface area contributed by atoms with Crippen LogP contribution >= 0.6 is 11.8 Å². The highest BCUT2D eigenvalue weighted by Gasteiger charge is 2.10. The number of carbonyl (C=O) groups is 2. The van der Waals surface area contributed by atoms with Crippen LogP contribution in [0.3, 0.4) is 0 Å². The van der Waals surface area contributed by atoms with Crippen molar-refractivity contribution in [1.82, 2.24) is 15.3 Å². The number of anilines is 1. The second-order valence-electron chi connectivity index (χ2n) is 6.07. The summed E-state index contributed by atoms with van der Waals surface area (Å²) >= 11 is 1.37. The number of hydrogen-bond donors (Lipinski definition) is 3. The van der Waals surface area contributed by atoms with Crippen LogP contribution in [0.25, 0.3) is 11.0 Å². The summed E-state index contributed by atoms with van der Waals surface area (Å²) in [6.07, 6.45) is 4.11. The molecule has 0 aliphatic heterocycles. The molecule has 0 aliphatic rings. The molecule has 1 heterocycles. The third-order valence-electron chi connectivity index (χ3n) is 4.05. The van der Waals surface area contributed by atoms with Crippen molar-refractivity contribution in [3.05, 3.63) is 71.1 Å². The molecular weight excluding hydrogens is 428 g/mol. The molecule has 1 amide bonds.